The molecule has 0 saturated heterocycles. The average Bonchev–Trinajstić information content (AvgIpc) is 3.28. The summed E-state index contributed by atoms with van der Waals surface area (Å²) in [7, 11) is 0. The fourth-order valence-electron chi connectivity index (χ4n) is 7.70. The van der Waals surface area contributed by atoms with E-state index in [9.17, 15) is 0 Å². The number of hydrogen-bond donors (Lipinski definition) is 0. The van der Waals surface area contributed by atoms with Crippen LogP contribution in [0.1, 0.15) is 70.9 Å². The van der Waals surface area contributed by atoms with Crippen LogP contribution >= 0.6 is 0 Å². The number of rotatable bonds is 1. The van der Waals surface area contributed by atoms with E-state index >= 15 is 0 Å². The predicted molar refractivity (Wildman–Crippen MR) is 113 cm³/mol. The van der Waals surface area contributed by atoms with Gasteiger partial charge in [-0.1, -0.05) is 38.0 Å². The summed E-state index contributed by atoms with van der Waals surface area (Å²) in [6, 6.07) is 2.01. The Balaban J connectivity index is 1.38. The summed E-state index contributed by atoms with van der Waals surface area (Å²) < 4.78 is 2.19. The van der Waals surface area contributed by atoms with Crippen molar-refractivity contribution in [3.05, 3.63) is 48.2 Å². The maximum absolute atomic E-state index is 4.65. The Kier molecular flexibility index (Phi) is 3.53. The number of hydrogen-bond acceptors (Lipinski definition) is 2. The van der Waals surface area contributed by atoms with Gasteiger partial charge in [0, 0.05) is 6.20 Å². The van der Waals surface area contributed by atoms with Gasteiger partial charge in [-0.3, -0.25) is 4.40 Å². The Morgan fingerprint density at radius 1 is 1.04 bits per heavy atom. The van der Waals surface area contributed by atoms with E-state index in [1.165, 1.54) is 62.6 Å². The Morgan fingerprint density at radius 3 is 2.89 bits per heavy atom. The second kappa shape index (κ2) is 5.81. The number of aromatic nitrogens is 3. The van der Waals surface area contributed by atoms with E-state index in [4.69, 9.17) is 0 Å². The molecule has 3 heteroatoms. The quantitative estimate of drug-likeness (QED) is 0.567. The summed E-state index contributed by atoms with van der Waals surface area (Å²) in [4.78, 5) is 9.00. The molecular weight excluding hydrogens is 342 g/mol. The minimum Gasteiger partial charge on any atom is -0.283 e. The second-order valence-corrected chi connectivity index (χ2v) is 10.2. The molecule has 5 atom stereocenters. The first kappa shape index (κ1) is 17.0. The number of nitrogens with zero attached hydrogens (tertiary/aromatic N) is 3. The molecule has 2 aromatic rings. The summed E-state index contributed by atoms with van der Waals surface area (Å²) in [6.07, 6.45) is 21.9. The van der Waals surface area contributed by atoms with E-state index < -0.39 is 0 Å². The van der Waals surface area contributed by atoms with Crippen molar-refractivity contribution in [1.82, 2.24) is 14.4 Å². The number of allylic oxidation sites excluding steroid dienone is 4. The smallest absolute Gasteiger partial charge is 0.139 e. The van der Waals surface area contributed by atoms with Crippen LogP contribution < -0.4 is 0 Å². The highest BCUT2D eigenvalue weighted by Gasteiger charge is 2.56. The number of fused-ring (bicyclic) bond motifs is 6. The first-order chi connectivity index (χ1) is 13.6. The van der Waals surface area contributed by atoms with Crippen LogP contribution in [0.4, 0.5) is 0 Å². The van der Waals surface area contributed by atoms with E-state index in [0.717, 1.165) is 23.4 Å². The van der Waals surface area contributed by atoms with Gasteiger partial charge in [-0.25, -0.2) is 9.97 Å². The average molecular weight is 374 g/mol. The van der Waals surface area contributed by atoms with E-state index in [-0.39, 0.29) is 5.41 Å². The van der Waals surface area contributed by atoms with Gasteiger partial charge in [-0.2, -0.15) is 0 Å². The highest BCUT2D eigenvalue weighted by atomic mass is 15.0. The Hall–Kier alpha value is -1.90. The summed E-state index contributed by atoms with van der Waals surface area (Å²) in [5, 5.41) is 0. The van der Waals surface area contributed by atoms with Crippen molar-refractivity contribution < 1.29 is 0 Å². The fraction of sp³-hybridized carbons (Fsp3) is 0.600. The van der Waals surface area contributed by atoms with Gasteiger partial charge in [-0.15, -0.1) is 0 Å². The Labute approximate surface area is 168 Å². The molecule has 3 unspecified atom stereocenters. The normalized spacial score (nSPS) is 39.7. The number of imidazole rings is 1. The van der Waals surface area contributed by atoms with Crippen molar-refractivity contribution in [3.8, 4) is 0 Å². The van der Waals surface area contributed by atoms with Crippen molar-refractivity contribution in [2.75, 3.05) is 0 Å². The lowest BCUT2D eigenvalue weighted by atomic mass is 9.47. The van der Waals surface area contributed by atoms with Crippen LogP contribution in [0.25, 0.3) is 11.2 Å². The van der Waals surface area contributed by atoms with Crippen molar-refractivity contribution in [2.24, 2.45) is 28.6 Å². The third-order valence-electron chi connectivity index (χ3n) is 9.19. The van der Waals surface area contributed by atoms with Gasteiger partial charge in [0.05, 0.1) is 11.9 Å². The highest BCUT2D eigenvalue weighted by molar-refractivity contribution is 5.72. The first-order valence-corrected chi connectivity index (χ1v) is 11.3. The molecule has 0 spiro atoms. The molecule has 0 aromatic carbocycles. The second-order valence-electron chi connectivity index (χ2n) is 10.2. The standard InChI is InChI=1S/C25H31N3/c1-24-12-4-3-5-17(24)6-7-18-19-8-9-21(25(19,2)13-10-20(18)24)22-15-27-23-11-14-26-16-28(22)23/h6,9,11,14-16,18-20H,3-5,7-8,10,12-13H2,1-2H3/t18?,19?,20?,24-,25-/m0/s1. The van der Waals surface area contributed by atoms with Gasteiger partial charge >= 0.3 is 0 Å². The summed E-state index contributed by atoms with van der Waals surface area (Å²) in [6.45, 7) is 5.15. The van der Waals surface area contributed by atoms with Crippen LogP contribution in [0.5, 0.6) is 0 Å². The van der Waals surface area contributed by atoms with Crippen LogP contribution in [0.15, 0.2) is 42.5 Å². The minimum atomic E-state index is 0.281. The minimum absolute atomic E-state index is 0.281. The zero-order chi connectivity index (χ0) is 18.9. The summed E-state index contributed by atoms with van der Waals surface area (Å²) >= 11 is 0. The lowest BCUT2D eigenvalue weighted by molar-refractivity contribution is -0.00989. The van der Waals surface area contributed by atoms with Crippen LogP contribution in [0, 0.1) is 28.6 Å². The summed E-state index contributed by atoms with van der Waals surface area (Å²) in [5.74, 6) is 2.51. The van der Waals surface area contributed by atoms with E-state index in [0.29, 0.717) is 5.41 Å². The molecule has 0 radical (unpaired) electrons. The fourth-order valence-corrected chi connectivity index (χ4v) is 7.70. The Morgan fingerprint density at radius 2 is 1.96 bits per heavy atom. The lowest BCUT2D eigenvalue weighted by Gasteiger charge is -2.57. The van der Waals surface area contributed by atoms with Gasteiger partial charge in [0.2, 0.25) is 0 Å². The molecule has 28 heavy (non-hydrogen) atoms. The van der Waals surface area contributed by atoms with Gasteiger partial charge < -0.3 is 0 Å². The zero-order valence-corrected chi connectivity index (χ0v) is 17.2. The van der Waals surface area contributed by atoms with Crippen molar-refractivity contribution in [2.45, 2.75) is 65.2 Å². The van der Waals surface area contributed by atoms with Crippen molar-refractivity contribution >= 4 is 11.2 Å². The van der Waals surface area contributed by atoms with E-state index in [1.807, 2.05) is 24.2 Å². The van der Waals surface area contributed by atoms with Crippen molar-refractivity contribution in [1.29, 1.82) is 0 Å². The topological polar surface area (TPSA) is 30.2 Å². The third-order valence-corrected chi connectivity index (χ3v) is 9.19. The molecule has 0 amide bonds. The van der Waals surface area contributed by atoms with Crippen LogP contribution in [0.3, 0.4) is 0 Å². The van der Waals surface area contributed by atoms with Crippen LogP contribution in [0.2, 0.25) is 0 Å². The molecule has 4 aliphatic carbocycles. The third kappa shape index (κ3) is 2.11. The molecular formula is C25H31N3. The van der Waals surface area contributed by atoms with E-state index in [1.54, 1.807) is 0 Å². The monoisotopic (exact) mass is 373 g/mol. The summed E-state index contributed by atoms with van der Waals surface area (Å²) in [5.41, 5.74) is 6.37. The van der Waals surface area contributed by atoms with Gasteiger partial charge in [-0.05, 0) is 85.2 Å². The molecule has 6 rings (SSSR count). The molecule has 2 aromatic heterocycles. The van der Waals surface area contributed by atoms with Gasteiger partial charge in [0.1, 0.15) is 12.0 Å². The molecule has 0 N–H and O–H groups in total. The Bertz CT molecular complexity index is 998. The molecule has 0 bridgehead atoms. The molecule has 0 aliphatic heterocycles. The highest BCUT2D eigenvalue weighted by Crippen LogP contribution is 2.66. The van der Waals surface area contributed by atoms with E-state index in [2.05, 4.69) is 46.6 Å². The molecule has 2 fully saturated rings. The predicted octanol–water partition coefficient (Wildman–Crippen LogP) is 6.08. The lowest BCUT2D eigenvalue weighted by Crippen LogP contribution is -2.48. The van der Waals surface area contributed by atoms with Gasteiger partial charge in [0.25, 0.3) is 0 Å². The zero-order valence-electron chi connectivity index (χ0n) is 17.2. The molecule has 146 valence electrons. The maximum Gasteiger partial charge on any atom is 0.139 e. The van der Waals surface area contributed by atoms with Crippen LogP contribution in [-0.4, -0.2) is 14.4 Å². The van der Waals surface area contributed by atoms with Gasteiger partial charge in [0.15, 0.2) is 0 Å². The van der Waals surface area contributed by atoms with Crippen molar-refractivity contribution in [3.63, 3.8) is 0 Å². The largest absolute Gasteiger partial charge is 0.283 e. The van der Waals surface area contributed by atoms with Crippen LogP contribution in [-0.2, 0) is 0 Å². The maximum atomic E-state index is 4.65. The SMILES string of the molecule is C[C@]12CCCCC1=CCC1C2CC[C@]2(C)C(c3cnc4ccncn34)=CCC12. The molecule has 2 heterocycles. The first-order valence-electron chi connectivity index (χ1n) is 11.3. The molecule has 3 nitrogen and oxygen atoms in total. The molecule has 2 saturated carbocycles. The molecule has 4 aliphatic rings.